The van der Waals surface area contributed by atoms with E-state index >= 15 is 0 Å². The molecule has 1 amide bonds. The minimum atomic E-state index is -0.0944. The van der Waals surface area contributed by atoms with Crippen molar-refractivity contribution in [2.24, 2.45) is 0 Å². The monoisotopic (exact) mass is 415 g/mol. The molecular weight excluding hydrogens is 390 g/mol. The molecule has 154 valence electrons. The molecule has 1 aromatic carbocycles. The van der Waals surface area contributed by atoms with Gasteiger partial charge < -0.3 is 19.0 Å². The smallest absolute Gasteiger partial charge is 0.268 e. The largest absolute Gasteiger partial charge is 0.460 e. The Morgan fingerprint density at radius 2 is 2.00 bits per heavy atom. The van der Waals surface area contributed by atoms with Gasteiger partial charge in [-0.1, -0.05) is 29.8 Å². The fourth-order valence-electron chi connectivity index (χ4n) is 3.74. The van der Waals surface area contributed by atoms with Gasteiger partial charge in [-0.05, 0) is 31.5 Å². The van der Waals surface area contributed by atoms with E-state index in [2.05, 4.69) is 10.2 Å². The van der Waals surface area contributed by atoms with Crippen molar-refractivity contribution in [3.63, 3.8) is 0 Å². The van der Waals surface area contributed by atoms with Crippen molar-refractivity contribution >= 4 is 28.6 Å². The molecule has 6 nitrogen and oxygen atoms in total. The van der Waals surface area contributed by atoms with Crippen molar-refractivity contribution in [3.05, 3.63) is 58.4 Å². The van der Waals surface area contributed by atoms with E-state index in [0.717, 1.165) is 56.1 Å². The number of halogens is 1. The molecule has 29 heavy (non-hydrogen) atoms. The van der Waals surface area contributed by atoms with Crippen molar-refractivity contribution in [3.8, 4) is 0 Å². The number of aromatic nitrogens is 1. The van der Waals surface area contributed by atoms with Gasteiger partial charge in [0.2, 0.25) is 0 Å². The van der Waals surface area contributed by atoms with Crippen LogP contribution in [0.2, 0.25) is 5.02 Å². The minimum Gasteiger partial charge on any atom is -0.460 e. The zero-order chi connectivity index (χ0) is 20.2. The first-order chi connectivity index (χ1) is 14.1. The molecule has 1 saturated heterocycles. The number of benzene rings is 1. The molecule has 0 unspecified atom stereocenters. The summed E-state index contributed by atoms with van der Waals surface area (Å²) in [6.45, 7) is 7.53. The lowest BCUT2D eigenvalue weighted by Crippen LogP contribution is -2.38. The quantitative estimate of drug-likeness (QED) is 0.598. The van der Waals surface area contributed by atoms with Gasteiger partial charge in [0.25, 0.3) is 5.91 Å². The average molecular weight is 416 g/mol. The van der Waals surface area contributed by atoms with Crippen molar-refractivity contribution in [2.75, 3.05) is 39.4 Å². The van der Waals surface area contributed by atoms with E-state index in [9.17, 15) is 4.79 Å². The molecule has 0 saturated carbocycles. The van der Waals surface area contributed by atoms with Crippen LogP contribution in [-0.4, -0.2) is 54.8 Å². The highest BCUT2D eigenvalue weighted by Crippen LogP contribution is 2.26. The van der Waals surface area contributed by atoms with Gasteiger partial charge in [-0.3, -0.25) is 9.69 Å². The van der Waals surface area contributed by atoms with Crippen molar-refractivity contribution in [1.29, 1.82) is 0 Å². The van der Waals surface area contributed by atoms with Gasteiger partial charge >= 0.3 is 0 Å². The maximum absolute atomic E-state index is 12.9. The molecule has 2 aromatic heterocycles. The summed E-state index contributed by atoms with van der Waals surface area (Å²) < 4.78 is 13.1. The molecule has 7 heteroatoms. The Kier molecular flexibility index (Phi) is 6.23. The fourth-order valence-corrected chi connectivity index (χ4v) is 3.94. The summed E-state index contributed by atoms with van der Waals surface area (Å²) in [5, 5.41) is 3.74. The molecule has 0 bridgehead atoms. The number of aryl methyl sites for hydroxylation is 1. The van der Waals surface area contributed by atoms with E-state index in [1.165, 1.54) is 0 Å². The maximum Gasteiger partial charge on any atom is 0.268 e. The highest BCUT2D eigenvalue weighted by atomic mass is 35.5. The summed E-state index contributed by atoms with van der Waals surface area (Å²) in [4.78, 5) is 15.3. The summed E-state index contributed by atoms with van der Waals surface area (Å²) in [7, 11) is 0. The number of hydrogen-bond donors (Lipinski definition) is 1. The SMILES string of the molecule is Cc1cc2c(cc(C(=O)NCCCN3CCOCC3)n2Cc2ccccc2Cl)o1. The summed E-state index contributed by atoms with van der Waals surface area (Å²) in [5.74, 6) is 0.725. The van der Waals surface area contributed by atoms with Crippen molar-refractivity contribution < 1.29 is 13.9 Å². The third-order valence-electron chi connectivity index (χ3n) is 5.27. The number of morpholine rings is 1. The van der Waals surface area contributed by atoms with Crippen molar-refractivity contribution in [1.82, 2.24) is 14.8 Å². The highest BCUT2D eigenvalue weighted by Gasteiger charge is 2.19. The Balaban J connectivity index is 1.46. The van der Waals surface area contributed by atoms with Gasteiger partial charge in [0.05, 0.1) is 18.7 Å². The van der Waals surface area contributed by atoms with Gasteiger partial charge in [0.1, 0.15) is 11.5 Å². The average Bonchev–Trinajstić information content (AvgIpc) is 3.24. The van der Waals surface area contributed by atoms with Crippen LogP contribution < -0.4 is 5.32 Å². The first kappa shape index (κ1) is 20.0. The molecule has 1 N–H and O–H groups in total. The van der Waals surface area contributed by atoms with E-state index in [-0.39, 0.29) is 5.91 Å². The second-order valence-corrected chi connectivity index (χ2v) is 7.78. The number of fused-ring (bicyclic) bond motifs is 1. The summed E-state index contributed by atoms with van der Waals surface area (Å²) in [6.07, 6.45) is 0.909. The highest BCUT2D eigenvalue weighted by molar-refractivity contribution is 6.31. The topological polar surface area (TPSA) is 59.6 Å². The van der Waals surface area contributed by atoms with Gasteiger partial charge in [0, 0.05) is 43.3 Å². The third kappa shape index (κ3) is 4.66. The zero-order valence-corrected chi connectivity index (χ0v) is 17.4. The van der Waals surface area contributed by atoms with Crippen LogP contribution in [0.5, 0.6) is 0 Å². The van der Waals surface area contributed by atoms with Crippen molar-refractivity contribution in [2.45, 2.75) is 19.9 Å². The van der Waals surface area contributed by atoms with E-state index in [4.69, 9.17) is 20.8 Å². The van der Waals surface area contributed by atoms with Crippen LogP contribution in [0.25, 0.3) is 11.1 Å². The van der Waals surface area contributed by atoms with E-state index < -0.39 is 0 Å². The molecule has 0 spiro atoms. The lowest BCUT2D eigenvalue weighted by molar-refractivity contribution is 0.0374. The fraction of sp³-hybridized carbons (Fsp3) is 0.409. The summed E-state index contributed by atoms with van der Waals surface area (Å²) in [6, 6.07) is 11.5. The number of hydrogen-bond acceptors (Lipinski definition) is 4. The number of nitrogens with zero attached hydrogens (tertiary/aromatic N) is 2. The summed E-state index contributed by atoms with van der Waals surface area (Å²) in [5.41, 5.74) is 3.17. The number of furan rings is 1. The lowest BCUT2D eigenvalue weighted by Gasteiger charge is -2.26. The van der Waals surface area contributed by atoms with E-state index in [1.54, 1.807) is 0 Å². The number of amides is 1. The number of carbonyl (C=O) groups excluding carboxylic acids is 1. The molecule has 3 aromatic rings. The normalized spacial score (nSPS) is 15.1. The molecular formula is C22H26ClN3O3. The Morgan fingerprint density at radius 1 is 1.21 bits per heavy atom. The Hall–Kier alpha value is -2.28. The molecule has 0 radical (unpaired) electrons. The van der Waals surface area contributed by atoms with Crippen LogP contribution in [-0.2, 0) is 11.3 Å². The van der Waals surface area contributed by atoms with Crippen LogP contribution in [0.4, 0.5) is 0 Å². The van der Waals surface area contributed by atoms with Gasteiger partial charge in [-0.2, -0.15) is 0 Å². The number of ether oxygens (including phenoxy) is 1. The molecule has 0 aliphatic carbocycles. The third-order valence-corrected chi connectivity index (χ3v) is 5.64. The molecule has 4 rings (SSSR count). The predicted molar refractivity (Wildman–Crippen MR) is 114 cm³/mol. The Labute approximate surface area is 175 Å². The van der Waals surface area contributed by atoms with Crippen LogP contribution in [0, 0.1) is 6.92 Å². The van der Waals surface area contributed by atoms with Crippen LogP contribution in [0.1, 0.15) is 28.2 Å². The second-order valence-electron chi connectivity index (χ2n) is 7.38. The number of rotatable bonds is 7. The van der Waals surface area contributed by atoms with E-state index in [0.29, 0.717) is 29.4 Å². The Bertz CT molecular complexity index is 989. The molecule has 1 aliphatic rings. The molecule has 3 heterocycles. The van der Waals surface area contributed by atoms with E-state index in [1.807, 2.05) is 47.9 Å². The van der Waals surface area contributed by atoms with Crippen LogP contribution in [0.3, 0.4) is 0 Å². The van der Waals surface area contributed by atoms with Gasteiger partial charge in [-0.15, -0.1) is 0 Å². The standard InChI is InChI=1S/C22H26ClN3O3/c1-16-13-19-21(29-16)14-20(26(19)15-17-5-2-3-6-18(17)23)22(27)24-7-4-8-25-9-11-28-12-10-25/h2-3,5-6,13-14H,4,7-12,15H2,1H3,(H,24,27). The second kappa shape index (κ2) is 9.03. The first-order valence-corrected chi connectivity index (χ1v) is 10.4. The molecule has 0 atom stereocenters. The number of nitrogens with one attached hydrogen (secondary N) is 1. The van der Waals surface area contributed by atoms with Crippen LogP contribution in [0.15, 0.2) is 40.8 Å². The van der Waals surface area contributed by atoms with Gasteiger partial charge in [0.15, 0.2) is 5.58 Å². The minimum absolute atomic E-state index is 0.0944. The zero-order valence-electron chi connectivity index (χ0n) is 16.6. The maximum atomic E-state index is 12.9. The first-order valence-electron chi connectivity index (χ1n) is 10.0. The lowest BCUT2D eigenvalue weighted by atomic mass is 10.2. The Morgan fingerprint density at radius 3 is 2.79 bits per heavy atom. The molecule has 1 fully saturated rings. The molecule has 1 aliphatic heterocycles. The predicted octanol–water partition coefficient (Wildman–Crippen LogP) is 3.70. The number of carbonyl (C=O) groups is 1. The van der Waals surface area contributed by atoms with Gasteiger partial charge in [-0.25, -0.2) is 0 Å². The summed E-state index contributed by atoms with van der Waals surface area (Å²) >= 11 is 6.35. The van der Waals surface area contributed by atoms with Crippen LogP contribution >= 0.6 is 11.6 Å².